The predicted molar refractivity (Wildman–Crippen MR) is 122 cm³/mol. The normalized spacial score (nSPS) is 12.6. The van der Waals surface area contributed by atoms with Crippen molar-refractivity contribution in [3.8, 4) is 11.5 Å². The van der Waals surface area contributed by atoms with Crippen LogP contribution in [0, 0.1) is 0 Å². The number of rotatable bonds is 12. The number of nitrogens with one attached hydrogen (secondary N) is 2. The molecule has 0 aliphatic carbocycles. The van der Waals surface area contributed by atoms with Gasteiger partial charge in [-0.2, -0.15) is 0 Å². The molecule has 4 heteroatoms. The number of benzene rings is 2. The molecular formula is C25H38N2O2. The average Bonchev–Trinajstić information content (AvgIpc) is 2.69. The summed E-state index contributed by atoms with van der Waals surface area (Å²) in [5, 5.41) is 6.61. The van der Waals surface area contributed by atoms with Crippen molar-refractivity contribution in [2.24, 2.45) is 0 Å². The fourth-order valence-electron chi connectivity index (χ4n) is 2.99. The Balaban J connectivity index is 1.67. The van der Waals surface area contributed by atoms with Gasteiger partial charge in [0, 0.05) is 13.0 Å². The van der Waals surface area contributed by atoms with Crippen molar-refractivity contribution in [3.63, 3.8) is 0 Å². The molecule has 0 saturated heterocycles. The van der Waals surface area contributed by atoms with Crippen LogP contribution in [0.15, 0.2) is 48.5 Å². The van der Waals surface area contributed by atoms with Crippen molar-refractivity contribution in [3.05, 3.63) is 59.7 Å². The summed E-state index contributed by atoms with van der Waals surface area (Å²) in [5.74, 6) is 1.82. The predicted octanol–water partition coefficient (Wildman–Crippen LogP) is 4.92. The van der Waals surface area contributed by atoms with Crippen LogP contribution in [0.1, 0.15) is 51.7 Å². The van der Waals surface area contributed by atoms with E-state index < -0.39 is 0 Å². The lowest BCUT2D eigenvalue weighted by Gasteiger charge is -2.19. The van der Waals surface area contributed by atoms with Crippen LogP contribution in [0.4, 0.5) is 0 Å². The van der Waals surface area contributed by atoms with Gasteiger partial charge in [0.05, 0.1) is 12.7 Å². The van der Waals surface area contributed by atoms with Crippen LogP contribution in [0.25, 0.3) is 0 Å². The van der Waals surface area contributed by atoms with Gasteiger partial charge in [-0.05, 0) is 74.3 Å². The van der Waals surface area contributed by atoms with Crippen molar-refractivity contribution < 1.29 is 9.47 Å². The Morgan fingerprint density at radius 1 is 0.897 bits per heavy atom. The van der Waals surface area contributed by atoms with E-state index >= 15 is 0 Å². The molecule has 4 nitrogen and oxygen atoms in total. The lowest BCUT2D eigenvalue weighted by Crippen LogP contribution is -2.19. The maximum absolute atomic E-state index is 6.02. The number of hydrogen-bond acceptors (Lipinski definition) is 4. The SMILES string of the molecule is CNCCCNCc1ccc(OC(C)CCOc2ccc(C(C)(C)C)cc2)cc1. The molecule has 0 spiro atoms. The van der Waals surface area contributed by atoms with Gasteiger partial charge in [0.1, 0.15) is 11.5 Å². The minimum absolute atomic E-state index is 0.106. The Labute approximate surface area is 177 Å². The van der Waals surface area contributed by atoms with E-state index in [1.165, 1.54) is 11.1 Å². The van der Waals surface area contributed by atoms with Crippen LogP contribution >= 0.6 is 0 Å². The molecule has 0 aromatic heterocycles. The highest BCUT2D eigenvalue weighted by atomic mass is 16.5. The Morgan fingerprint density at radius 2 is 1.55 bits per heavy atom. The first kappa shape index (κ1) is 23.2. The zero-order valence-corrected chi connectivity index (χ0v) is 18.8. The van der Waals surface area contributed by atoms with E-state index in [1.807, 2.05) is 19.2 Å². The zero-order valence-electron chi connectivity index (χ0n) is 18.8. The Kier molecular flexibility index (Phi) is 9.49. The lowest BCUT2D eigenvalue weighted by molar-refractivity contribution is 0.177. The minimum atomic E-state index is 0.106. The molecule has 0 radical (unpaired) electrons. The minimum Gasteiger partial charge on any atom is -0.493 e. The third kappa shape index (κ3) is 8.88. The topological polar surface area (TPSA) is 42.5 Å². The van der Waals surface area contributed by atoms with Gasteiger partial charge in [0.25, 0.3) is 0 Å². The zero-order chi connectivity index (χ0) is 21.1. The Bertz CT molecular complexity index is 690. The van der Waals surface area contributed by atoms with Crippen molar-refractivity contribution in [1.29, 1.82) is 0 Å². The van der Waals surface area contributed by atoms with E-state index in [9.17, 15) is 0 Å². The number of hydrogen-bond donors (Lipinski definition) is 2. The molecule has 0 bridgehead atoms. The van der Waals surface area contributed by atoms with Crippen LogP contribution in [0.5, 0.6) is 11.5 Å². The maximum atomic E-state index is 6.02. The first-order valence-electron chi connectivity index (χ1n) is 10.7. The molecule has 2 rings (SSSR count). The van der Waals surface area contributed by atoms with E-state index in [1.54, 1.807) is 0 Å². The monoisotopic (exact) mass is 398 g/mol. The Morgan fingerprint density at radius 3 is 2.17 bits per heavy atom. The molecule has 2 aromatic carbocycles. The molecule has 1 atom stereocenters. The highest BCUT2D eigenvalue weighted by Crippen LogP contribution is 2.24. The summed E-state index contributed by atoms with van der Waals surface area (Å²) in [7, 11) is 1.98. The molecule has 160 valence electrons. The lowest BCUT2D eigenvalue weighted by atomic mass is 9.87. The van der Waals surface area contributed by atoms with Crippen LogP contribution in [0.3, 0.4) is 0 Å². The fourth-order valence-corrected chi connectivity index (χ4v) is 2.99. The molecule has 1 unspecified atom stereocenters. The standard InChI is InChI=1S/C25H38N2O2/c1-20(15-18-28-23-13-9-22(10-14-23)25(2,3)4)29-24-11-7-21(8-12-24)19-27-17-6-16-26-5/h7-14,20,26-27H,6,15-19H2,1-5H3. The van der Waals surface area contributed by atoms with Crippen LogP contribution < -0.4 is 20.1 Å². The molecular weight excluding hydrogens is 360 g/mol. The average molecular weight is 399 g/mol. The first-order valence-corrected chi connectivity index (χ1v) is 10.7. The largest absolute Gasteiger partial charge is 0.493 e. The molecule has 0 aliphatic rings. The molecule has 2 N–H and O–H groups in total. The van der Waals surface area contributed by atoms with Gasteiger partial charge in [-0.3, -0.25) is 0 Å². The van der Waals surface area contributed by atoms with E-state index in [-0.39, 0.29) is 11.5 Å². The van der Waals surface area contributed by atoms with Crippen LogP contribution in [-0.2, 0) is 12.0 Å². The maximum Gasteiger partial charge on any atom is 0.119 e. The van der Waals surface area contributed by atoms with Crippen molar-refractivity contribution in [1.82, 2.24) is 10.6 Å². The van der Waals surface area contributed by atoms with Crippen LogP contribution in [0.2, 0.25) is 0 Å². The summed E-state index contributed by atoms with van der Waals surface area (Å²) in [6, 6.07) is 16.7. The molecule has 0 heterocycles. The fraction of sp³-hybridized carbons (Fsp3) is 0.520. The van der Waals surface area contributed by atoms with E-state index in [0.717, 1.165) is 44.0 Å². The molecule has 29 heavy (non-hydrogen) atoms. The highest BCUT2D eigenvalue weighted by molar-refractivity contribution is 5.31. The molecule has 0 fully saturated rings. The van der Waals surface area contributed by atoms with Gasteiger partial charge in [-0.1, -0.05) is 45.0 Å². The summed E-state index contributed by atoms with van der Waals surface area (Å²) in [5.41, 5.74) is 2.76. The summed E-state index contributed by atoms with van der Waals surface area (Å²) in [4.78, 5) is 0. The van der Waals surface area contributed by atoms with Gasteiger partial charge in [0.2, 0.25) is 0 Å². The molecule has 0 amide bonds. The van der Waals surface area contributed by atoms with E-state index in [4.69, 9.17) is 9.47 Å². The highest BCUT2D eigenvalue weighted by Gasteiger charge is 2.13. The third-order valence-corrected chi connectivity index (χ3v) is 4.88. The molecule has 0 saturated carbocycles. The summed E-state index contributed by atoms with van der Waals surface area (Å²) < 4.78 is 11.9. The van der Waals surface area contributed by atoms with E-state index in [0.29, 0.717) is 6.61 Å². The van der Waals surface area contributed by atoms with Gasteiger partial charge >= 0.3 is 0 Å². The molecule has 0 aliphatic heterocycles. The second kappa shape index (κ2) is 11.8. The van der Waals surface area contributed by atoms with Crippen LogP contribution in [-0.4, -0.2) is 32.8 Å². The van der Waals surface area contributed by atoms with Gasteiger partial charge in [-0.25, -0.2) is 0 Å². The van der Waals surface area contributed by atoms with Crippen molar-refractivity contribution >= 4 is 0 Å². The second-order valence-corrected chi connectivity index (χ2v) is 8.62. The number of ether oxygens (including phenoxy) is 2. The van der Waals surface area contributed by atoms with Gasteiger partial charge in [-0.15, -0.1) is 0 Å². The first-order chi connectivity index (χ1) is 13.9. The molecule has 2 aromatic rings. The van der Waals surface area contributed by atoms with Gasteiger partial charge < -0.3 is 20.1 Å². The summed E-state index contributed by atoms with van der Waals surface area (Å²) in [6.45, 7) is 12.3. The quantitative estimate of drug-likeness (QED) is 0.498. The summed E-state index contributed by atoms with van der Waals surface area (Å²) in [6.07, 6.45) is 2.09. The second-order valence-electron chi connectivity index (χ2n) is 8.62. The summed E-state index contributed by atoms with van der Waals surface area (Å²) >= 11 is 0. The van der Waals surface area contributed by atoms with Crippen molar-refractivity contribution in [2.45, 2.75) is 58.6 Å². The van der Waals surface area contributed by atoms with Gasteiger partial charge in [0.15, 0.2) is 0 Å². The smallest absolute Gasteiger partial charge is 0.119 e. The third-order valence-electron chi connectivity index (χ3n) is 4.88. The Hall–Kier alpha value is -2.04. The van der Waals surface area contributed by atoms with Crippen molar-refractivity contribution in [2.75, 3.05) is 26.7 Å². The van der Waals surface area contributed by atoms with E-state index in [2.05, 4.69) is 74.7 Å².